The van der Waals surface area contributed by atoms with Crippen LogP contribution in [0.3, 0.4) is 0 Å². The molecule has 1 aliphatic rings. The summed E-state index contributed by atoms with van der Waals surface area (Å²) in [6, 6.07) is 6.37. The van der Waals surface area contributed by atoms with Gasteiger partial charge >= 0.3 is 6.61 Å². The fourth-order valence-corrected chi connectivity index (χ4v) is 2.67. The van der Waals surface area contributed by atoms with Crippen molar-refractivity contribution in [2.45, 2.75) is 31.6 Å². The molecule has 0 aromatic carbocycles. The number of nitrogens with zero attached hydrogens (tertiary/aromatic N) is 2. The summed E-state index contributed by atoms with van der Waals surface area (Å²) < 4.78 is 34.1. The van der Waals surface area contributed by atoms with Crippen molar-refractivity contribution in [1.29, 1.82) is 0 Å². The molecule has 0 aliphatic carbocycles. The predicted octanol–water partition coefficient (Wildman–Crippen LogP) is 2.73. The lowest BCUT2D eigenvalue weighted by Crippen LogP contribution is -2.39. The third kappa shape index (κ3) is 4.69. The van der Waals surface area contributed by atoms with Crippen molar-refractivity contribution >= 4 is 5.91 Å². The van der Waals surface area contributed by atoms with Gasteiger partial charge < -0.3 is 14.8 Å². The van der Waals surface area contributed by atoms with Crippen LogP contribution in [-0.2, 0) is 4.74 Å². The van der Waals surface area contributed by atoms with Crippen LogP contribution in [0.25, 0.3) is 0 Å². The molecule has 0 bridgehead atoms. The number of carbonyl (C=O) groups is 1. The Balaban J connectivity index is 1.58. The third-order valence-corrected chi connectivity index (χ3v) is 3.88. The van der Waals surface area contributed by atoms with Crippen LogP contribution in [0.4, 0.5) is 8.78 Å². The van der Waals surface area contributed by atoms with Gasteiger partial charge in [0.15, 0.2) is 0 Å². The number of alkyl halides is 2. The second-order valence-corrected chi connectivity index (χ2v) is 5.60. The van der Waals surface area contributed by atoms with Gasteiger partial charge in [0.05, 0.1) is 11.7 Å². The van der Waals surface area contributed by atoms with Crippen LogP contribution in [0.1, 0.15) is 34.9 Å². The molecule has 132 valence electrons. The van der Waals surface area contributed by atoms with E-state index in [2.05, 4.69) is 20.0 Å². The summed E-state index contributed by atoms with van der Waals surface area (Å²) in [5.41, 5.74) is 1.25. The molecule has 0 saturated carbocycles. The van der Waals surface area contributed by atoms with Gasteiger partial charge in [0.2, 0.25) is 5.88 Å². The van der Waals surface area contributed by atoms with Crippen molar-refractivity contribution in [3.8, 4) is 5.88 Å². The van der Waals surface area contributed by atoms with Crippen LogP contribution < -0.4 is 10.1 Å². The smallest absolute Gasteiger partial charge is 0.388 e. The third-order valence-electron chi connectivity index (χ3n) is 3.88. The predicted molar refractivity (Wildman–Crippen MR) is 84.3 cm³/mol. The number of nitrogens with one attached hydrogen (secondary N) is 1. The maximum Gasteiger partial charge on any atom is 0.388 e. The Morgan fingerprint density at radius 3 is 2.88 bits per heavy atom. The quantitative estimate of drug-likeness (QED) is 0.898. The number of pyridine rings is 2. The average Bonchev–Trinajstić information content (AvgIpc) is 2.63. The van der Waals surface area contributed by atoms with Crippen molar-refractivity contribution in [3.05, 3.63) is 54.0 Å². The molecule has 0 radical (unpaired) electrons. The molecule has 6 nitrogen and oxygen atoms in total. The fraction of sp³-hybridized carbons (Fsp3) is 0.353. The van der Waals surface area contributed by atoms with Crippen molar-refractivity contribution in [1.82, 2.24) is 15.3 Å². The van der Waals surface area contributed by atoms with E-state index in [1.807, 2.05) is 12.1 Å². The lowest BCUT2D eigenvalue weighted by Gasteiger charge is -2.30. The zero-order valence-corrected chi connectivity index (χ0v) is 13.3. The summed E-state index contributed by atoms with van der Waals surface area (Å²) in [5, 5.41) is 2.93. The molecule has 1 aliphatic heterocycles. The molecule has 1 N–H and O–H groups in total. The van der Waals surface area contributed by atoms with Gasteiger partial charge in [-0.25, -0.2) is 4.98 Å². The van der Waals surface area contributed by atoms with Crippen LogP contribution in [-0.4, -0.2) is 35.1 Å². The van der Waals surface area contributed by atoms with Crippen LogP contribution in [0.15, 0.2) is 42.9 Å². The molecule has 2 atom stereocenters. The molecule has 1 amide bonds. The lowest BCUT2D eigenvalue weighted by atomic mass is 9.98. The topological polar surface area (TPSA) is 73.3 Å². The largest absolute Gasteiger partial charge is 0.417 e. The standard InChI is InChI=1S/C17H17F2N3O3/c18-17(19)25-15-4-3-12(10-21-15)16(23)22-13-5-7-24-14(8-13)11-2-1-6-20-9-11/h1-4,6,9-10,13-14,17H,5,7-8H2,(H,22,23)/t13-,14-/m1/s1. The van der Waals surface area contributed by atoms with E-state index >= 15 is 0 Å². The second-order valence-electron chi connectivity index (χ2n) is 5.60. The Bertz CT molecular complexity index is 698. The number of hydrogen-bond donors (Lipinski definition) is 1. The zero-order valence-electron chi connectivity index (χ0n) is 13.3. The maximum atomic E-state index is 12.3. The first-order chi connectivity index (χ1) is 12.1. The highest BCUT2D eigenvalue weighted by atomic mass is 19.3. The molecule has 1 saturated heterocycles. The summed E-state index contributed by atoms with van der Waals surface area (Å²) in [6.45, 7) is -2.41. The summed E-state index contributed by atoms with van der Waals surface area (Å²) in [6.07, 6.45) is 5.87. The monoisotopic (exact) mass is 349 g/mol. The first-order valence-corrected chi connectivity index (χ1v) is 7.85. The molecule has 8 heteroatoms. The first-order valence-electron chi connectivity index (χ1n) is 7.85. The van der Waals surface area contributed by atoms with E-state index in [0.717, 1.165) is 5.56 Å². The van der Waals surface area contributed by atoms with Gasteiger partial charge in [0.1, 0.15) is 0 Å². The van der Waals surface area contributed by atoms with E-state index in [1.165, 1.54) is 18.3 Å². The van der Waals surface area contributed by atoms with E-state index in [-0.39, 0.29) is 29.5 Å². The minimum absolute atomic E-state index is 0.0524. The molecule has 25 heavy (non-hydrogen) atoms. The molecule has 1 fully saturated rings. The Hall–Kier alpha value is -2.61. The fourth-order valence-electron chi connectivity index (χ4n) is 2.67. The number of rotatable bonds is 5. The Kier molecular flexibility index (Phi) is 5.49. The van der Waals surface area contributed by atoms with Gasteiger partial charge in [-0.15, -0.1) is 0 Å². The van der Waals surface area contributed by atoms with Gasteiger partial charge in [0, 0.05) is 37.3 Å². The molecular weight excluding hydrogens is 332 g/mol. The van der Waals surface area contributed by atoms with Gasteiger partial charge in [-0.3, -0.25) is 9.78 Å². The summed E-state index contributed by atoms with van der Waals surface area (Å²) in [4.78, 5) is 20.1. The maximum absolute atomic E-state index is 12.3. The summed E-state index contributed by atoms with van der Waals surface area (Å²) in [5.74, 6) is -0.540. The van der Waals surface area contributed by atoms with Gasteiger partial charge in [-0.2, -0.15) is 8.78 Å². The summed E-state index contributed by atoms with van der Waals surface area (Å²) in [7, 11) is 0. The highest BCUT2D eigenvalue weighted by molar-refractivity contribution is 5.94. The van der Waals surface area contributed by atoms with Crippen molar-refractivity contribution < 1.29 is 23.0 Å². The number of ether oxygens (including phenoxy) is 2. The zero-order chi connectivity index (χ0) is 17.6. The second kappa shape index (κ2) is 7.98. The number of aromatic nitrogens is 2. The van der Waals surface area contributed by atoms with Gasteiger partial charge in [-0.1, -0.05) is 6.07 Å². The normalized spacial score (nSPS) is 20.3. The highest BCUT2D eigenvalue weighted by Gasteiger charge is 2.25. The minimum Gasteiger partial charge on any atom is -0.417 e. The Labute approximate surface area is 143 Å². The van der Waals surface area contributed by atoms with Crippen molar-refractivity contribution in [2.24, 2.45) is 0 Å². The minimum atomic E-state index is -2.95. The molecule has 2 aromatic rings. The number of amides is 1. The Morgan fingerprint density at radius 1 is 1.32 bits per heavy atom. The molecular formula is C17H17F2N3O3. The van der Waals surface area contributed by atoms with E-state index in [9.17, 15) is 13.6 Å². The molecule has 3 heterocycles. The molecule has 2 aromatic heterocycles. The molecule has 3 rings (SSSR count). The van der Waals surface area contributed by atoms with Gasteiger partial charge in [0.25, 0.3) is 5.91 Å². The van der Waals surface area contributed by atoms with E-state index in [1.54, 1.807) is 12.4 Å². The van der Waals surface area contributed by atoms with Crippen molar-refractivity contribution in [2.75, 3.05) is 6.61 Å². The SMILES string of the molecule is O=C(N[C@@H]1CCO[C@@H](c2cccnc2)C1)c1ccc(OC(F)F)nc1. The molecule has 0 spiro atoms. The van der Waals surface area contributed by atoms with Gasteiger partial charge in [-0.05, 0) is 30.5 Å². The number of carbonyl (C=O) groups excluding carboxylic acids is 1. The number of halogens is 2. The summed E-state index contributed by atoms with van der Waals surface area (Å²) >= 11 is 0. The van der Waals surface area contributed by atoms with Crippen LogP contribution in [0.2, 0.25) is 0 Å². The van der Waals surface area contributed by atoms with E-state index in [4.69, 9.17) is 4.74 Å². The van der Waals surface area contributed by atoms with Crippen LogP contribution >= 0.6 is 0 Å². The lowest BCUT2D eigenvalue weighted by molar-refractivity contribution is -0.0528. The average molecular weight is 349 g/mol. The Morgan fingerprint density at radius 2 is 2.20 bits per heavy atom. The van der Waals surface area contributed by atoms with E-state index in [0.29, 0.717) is 19.4 Å². The number of hydrogen-bond acceptors (Lipinski definition) is 5. The van der Waals surface area contributed by atoms with E-state index < -0.39 is 6.61 Å². The molecule has 0 unspecified atom stereocenters. The van der Waals surface area contributed by atoms with Crippen molar-refractivity contribution in [3.63, 3.8) is 0 Å². The highest BCUT2D eigenvalue weighted by Crippen LogP contribution is 2.27. The first kappa shape index (κ1) is 17.2. The van der Waals surface area contributed by atoms with Crippen LogP contribution in [0.5, 0.6) is 5.88 Å². The van der Waals surface area contributed by atoms with Crippen LogP contribution in [0, 0.1) is 0 Å².